The van der Waals surface area contributed by atoms with Crippen LogP contribution in [-0.4, -0.2) is 33.0 Å². The molecule has 0 aromatic carbocycles. The van der Waals surface area contributed by atoms with Crippen LogP contribution in [0.5, 0.6) is 0 Å². The van der Waals surface area contributed by atoms with E-state index in [-0.39, 0.29) is 5.69 Å². The minimum absolute atomic E-state index is 0.274. The molecule has 2 aromatic heterocycles. The van der Waals surface area contributed by atoms with E-state index in [1.807, 2.05) is 18.2 Å². The number of hydrogen-bond donors (Lipinski definition) is 1. The first kappa shape index (κ1) is 12.0. The highest BCUT2D eigenvalue weighted by atomic mass is 16.4. The first-order valence-electron chi connectivity index (χ1n) is 6.69. The van der Waals surface area contributed by atoms with Gasteiger partial charge in [-0.15, -0.1) is 0 Å². The van der Waals surface area contributed by atoms with E-state index in [4.69, 9.17) is 0 Å². The molecule has 1 N–H and O–H groups in total. The van der Waals surface area contributed by atoms with Crippen LogP contribution in [0.25, 0.3) is 5.65 Å². The van der Waals surface area contributed by atoms with E-state index in [1.165, 1.54) is 0 Å². The fourth-order valence-corrected chi connectivity index (χ4v) is 2.92. The molecule has 0 spiro atoms. The van der Waals surface area contributed by atoms with E-state index < -0.39 is 5.97 Å². The van der Waals surface area contributed by atoms with Crippen molar-refractivity contribution in [2.24, 2.45) is 0 Å². The zero-order valence-corrected chi connectivity index (χ0v) is 10.9. The average Bonchev–Trinajstić information content (AvgIpc) is 3.01. The lowest BCUT2D eigenvalue weighted by atomic mass is 10.2. The highest BCUT2D eigenvalue weighted by Gasteiger charge is 2.30. The quantitative estimate of drug-likeness (QED) is 0.919. The van der Waals surface area contributed by atoms with Crippen LogP contribution in [0.15, 0.2) is 24.4 Å². The van der Waals surface area contributed by atoms with Gasteiger partial charge in [-0.2, -0.15) is 0 Å². The lowest BCUT2D eigenvalue weighted by molar-refractivity contribution is 0.0690. The number of pyridine rings is 1. The molecule has 1 unspecified atom stereocenters. The molecule has 2 aromatic rings. The summed E-state index contributed by atoms with van der Waals surface area (Å²) in [6.45, 7) is 3.03. The molecule has 1 atom stereocenters. The van der Waals surface area contributed by atoms with Crippen LogP contribution >= 0.6 is 0 Å². The number of aromatic nitrogens is 2. The molecular formula is C14H17N3O2. The number of carboxylic acids is 1. The van der Waals surface area contributed by atoms with Gasteiger partial charge in [-0.3, -0.25) is 4.40 Å². The molecule has 3 heterocycles. The zero-order chi connectivity index (χ0) is 13.4. The Bertz CT molecular complexity index is 620. The molecule has 0 bridgehead atoms. The zero-order valence-electron chi connectivity index (χ0n) is 10.9. The van der Waals surface area contributed by atoms with Crippen LogP contribution in [0.2, 0.25) is 0 Å². The van der Waals surface area contributed by atoms with Gasteiger partial charge in [0.1, 0.15) is 5.65 Å². The molecule has 1 aliphatic heterocycles. The van der Waals surface area contributed by atoms with Crippen molar-refractivity contribution in [3.8, 4) is 0 Å². The van der Waals surface area contributed by atoms with E-state index >= 15 is 0 Å². The second-order valence-electron chi connectivity index (χ2n) is 4.92. The number of carboxylic acid groups (broad SMARTS) is 1. The molecule has 19 heavy (non-hydrogen) atoms. The molecule has 0 radical (unpaired) electrons. The number of rotatable bonds is 3. The first-order valence-corrected chi connectivity index (χ1v) is 6.69. The van der Waals surface area contributed by atoms with Crippen LogP contribution in [0.4, 0.5) is 5.82 Å². The topological polar surface area (TPSA) is 57.8 Å². The number of carbonyl (C=O) groups is 1. The fourth-order valence-electron chi connectivity index (χ4n) is 2.92. The van der Waals surface area contributed by atoms with Crippen LogP contribution in [-0.2, 0) is 0 Å². The van der Waals surface area contributed by atoms with Crippen molar-refractivity contribution in [3.05, 3.63) is 30.1 Å². The van der Waals surface area contributed by atoms with E-state index in [0.29, 0.717) is 17.5 Å². The number of nitrogens with zero attached hydrogens (tertiary/aromatic N) is 3. The molecule has 0 saturated carbocycles. The molecule has 5 nitrogen and oxygen atoms in total. The summed E-state index contributed by atoms with van der Waals surface area (Å²) in [4.78, 5) is 18.2. The van der Waals surface area contributed by atoms with Crippen molar-refractivity contribution < 1.29 is 9.90 Å². The maximum Gasteiger partial charge on any atom is 0.356 e. The number of aromatic carboxylic acids is 1. The van der Waals surface area contributed by atoms with Gasteiger partial charge in [0.25, 0.3) is 0 Å². The van der Waals surface area contributed by atoms with E-state index in [1.54, 1.807) is 10.6 Å². The lowest BCUT2D eigenvalue weighted by Crippen LogP contribution is -2.30. The van der Waals surface area contributed by atoms with Gasteiger partial charge < -0.3 is 10.0 Å². The van der Waals surface area contributed by atoms with Crippen molar-refractivity contribution in [2.45, 2.75) is 32.2 Å². The maximum absolute atomic E-state index is 11.6. The number of imidazole rings is 1. The molecule has 1 saturated heterocycles. The third-order valence-corrected chi connectivity index (χ3v) is 3.83. The smallest absolute Gasteiger partial charge is 0.356 e. The molecule has 0 aliphatic carbocycles. The van der Waals surface area contributed by atoms with Gasteiger partial charge >= 0.3 is 5.97 Å². The third-order valence-electron chi connectivity index (χ3n) is 3.83. The van der Waals surface area contributed by atoms with Crippen molar-refractivity contribution in [1.82, 2.24) is 9.38 Å². The van der Waals surface area contributed by atoms with Gasteiger partial charge in [0.2, 0.25) is 0 Å². The van der Waals surface area contributed by atoms with E-state index in [0.717, 1.165) is 25.8 Å². The summed E-state index contributed by atoms with van der Waals surface area (Å²) < 4.78 is 1.66. The van der Waals surface area contributed by atoms with Crippen molar-refractivity contribution in [1.29, 1.82) is 0 Å². The summed E-state index contributed by atoms with van der Waals surface area (Å²) >= 11 is 0. The normalized spacial score (nSPS) is 19.2. The molecule has 5 heteroatoms. The summed E-state index contributed by atoms with van der Waals surface area (Å²) in [5.74, 6) is -0.307. The molecule has 100 valence electrons. The first-order chi connectivity index (χ1) is 9.22. The fraction of sp³-hybridized carbons (Fsp3) is 0.429. The van der Waals surface area contributed by atoms with Gasteiger partial charge in [-0.1, -0.05) is 13.0 Å². The third kappa shape index (κ3) is 1.85. The van der Waals surface area contributed by atoms with Gasteiger partial charge in [0, 0.05) is 18.8 Å². The lowest BCUT2D eigenvalue weighted by Gasteiger charge is -2.23. The van der Waals surface area contributed by atoms with Crippen molar-refractivity contribution in [2.75, 3.05) is 11.4 Å². The molecule has 0 amide bonds. The maximum atomic E-state index is 11.6. The van der Waals surface area contributed by atoms with E-state index in [2.05, 4.69) is 16.8 Å². The Hall–Kier alpha value is -2.04. The minimum Gasteiger partial charge on any atom is -0.476 e. The Morgan fingerprint density at radius 3 is 3.11 bits per heavy atom. The van der Waals surface area contributed by atoms with Gasteiger partial charge in [0.05, 0.1) is 0 Å². The van der Waals surface area contributed by atoms with Crippen LogP contribution in [0.3, 0.4) is 0 Å². The molecular weight excluding hydrogens is 242 g/mol. The van der Waals surface area contributed by atoms with Crippen molar-refractivity contribution in [3.63, 3.8) is 0 Å². The van der Waals surface area contributed by atoms with Crippen LogP contribution in [0, 0.1) is 0 Å². The van der Waals surface area contributed by atoms with Crippen LogP contribution in [0.1, 0.15) is 36.7 Å². The Morgan fingerprint density at radius 1 is 1.53 bits per heavy atom. The Balaban J connectivity index is 2.17. The van der Waals surface area contributed by atoms with E-state index in [9.17, 15) is 9.90 Å². The largest absolute Gasteiger partial charge is 0.476 e. The SMILES string of the molecule is CCC1CCCN1c1nc2ccccn2c1C(=O)O. The average molecular weight is 259 g/mol. The molecule has 1 aliphatic rings. The minimum atomic E-state index is -0.921. The second kappa shape index (κ2) is 4.57. The molecule has 3 rings (SSSR count). The summed E-state index contributed by atoms with van der Waals surface area (Å²) in [6, 6.07) is 5.95. The van der Waals surface area contributed by atoms with Crippen molar-refractivity contribution >= 4 is 17.4 Å². The monoisotopic (exact) mass is 259 g/mol. The molecule has 1 fully saturated rings. The summed E-state index contributed by atoms with van der Waals surface area (Å²) in [5.41, 5.74) is 0.965. The van der Waals surface area contributed by atoms with Gasteiger partial charge in [-0.25, -0.2) is 9.78 Å². The Kier molecular flexibility index (Phi) is 2.89. The van der Waals surface area contributed by atoms with Gasteiger partial charge in [0.15, 0.2) is 11.5 Å². The Morgan fingerprint density at radius 2 is 2.37 bits per heavy atom. The highest BCUT2D eigenvalue weighted by molar-refractivity contribution is 5.93. The number of fused-ring (bicyclic) bond motifs is 1. The predicted octanol–water partition coefficient (Wildman–Crippen LogP) is 2.41. The van der Waals surface area contributed by atoms with Gasteiger partial charge in [-0.05, 0) is 31.4 Å². The number of anilines is 1. The van der Waals surface area contributed by atoms with Crippen LogP contribution < -0.4 is 4.90 Å². The Labute approximate surface area is 111 Å². The summed E-state index contributed by atoms with van der Waals surface area (Å²) in [6.07, 6.45) is 4.99. The second-order valence-corrected chi connectivity index (χ2v) is 4.92. The standard InChI is InChI=1S/C14H17N3O2/c1-2-10-6-5-9-16(10)13-12(14(18)19)17-8-4-3-7-11(17)15-13/h3-4,7-8,10H,2,5-6,9H2,1H3,(H,18,19). The number of hydrogen-bond acceptors (Lipinski definition) is 3. The highest BCUT2D eigenvalue weighted by Crippen LogP contribution is 2.30. The predicted molar refractivity (Wildman–Crippen MR) is 72.8 cm³/mol. The summed E-state index contributed by atoms with van der Waals surface area (Å²) in [5, 5.41) is 9.48. The summed E-state index contributed by atoms with van der Waals surface area (Å²) in [7, 11) is 0.